The fraction of sp³-hybridized carbons (Fsp3) is 0. The second kappa shape index (κ2) is 5.28. The average molecular weight is 157 g/mol. The van der Waals surface area contributed by atoms with Crippen LogP contribution in [0.4, 0.5) is 0 Å². The van der Waals surface area contributed by atoms with Crippen LogP contribution in [0.15, 0.2) is 23.0 Å². The summed E-state index contributed by atoms with van der Waals surface area (Å²) in [6.45, 7) is 3.36. The van der Waals surface area contributed by atoms with E-state index in [0.29, 0.717) is 0 Å². The molecule has 0 fully saturated rings. The smallest absolute Gasteiger partial charge is 0.0871 e. The first-order valence-electron chi connectivity index (χ1n) is 1.92. The standard InChI is InChI=1S/C4H3N3S2/c1-2-7(5-3-8)6-4-9/h2H,1H2. The minimum Gasteiger partial charge on any atom is -0.142 e. The highest BCUT2D eigenvalue weighted by atomic mass is 32.1. The summed E-state index contributed by atoms with van der Waals surface area (Å²) >= 11 is 8.56. The van der Waals surface area contributed by atoms with Gasteiger partial charge in [-0.25, -0.2) is 0 Å². The number of nitrogens with zero attached hydrogens (tertiary/aromatic N) is 3. The molecule has 0 N–H and O–H groups in total. The molecule has 46 valence electrons. The molecule has 0 aliphatic heterocycles. The van der Waals surface area contributed by atoms with Crippen molar-refractivity contribution in [1.82, 2.24) is 5.12 Å². The van der Waals surface area contributed by atoms with Crippen molar-refractivity contribution in [3.05, 3.63) is 12.8 Å². The summed E-state index contributed by atoms with van der Waals surface area (Å²) in [4.78, 5) is 0. The largest absolute Gasteiger partial charge is 0.142 e. The molecule has 0 amide bonds. The van der Waals surface area contributed by atoms with Gasteiger partial charge in [0.1, 0.15) is 0 Å². The van der Waals surface area contributed by atoms with Gasteiger partial charge >= 0.3 is 0 Å². The third kappa shape index (κ3) is 3.70. The summed E-state index contributed by atoms with van der Waals surface area (Å²) in [6, 6.07) is 0. The lowest BCUT2D eigenvalue weighted by Gasteiger charge is -1.97. The van der Waals surface area contributed by atoms with Crippen LogP contribution < -0.4 is 0 Å². The van der Waals surface area contributed by atoms with Gasteiger partial charge in [-0.3, -0.25) is 0 Å². The van der Waals surface area contributed by atoms with E-state index in [0.717, 1.165) is 5.12 Å². The van der Waals surface area contributed by atoms with Gasteiger partial charge in [-0.1, -0.05) is 16.8 Å². The molecule has 0 aliphatic rings. The molecule has 0 spiro atoms. The molecule has 0 bridgehead atoms. The Kier molecular flexibility index (Phi) is 4.78. The second-order valence-electron chi connectivity index (χ2n) is 0.886. The maximum absolute atomic E-state index is 4.28. The monoisotopic (exact) mass is 157 g/mol. The van der Waals surface area contributed by atoms with E-state index >= 15 is 0 Å². The predicted molar refractivity (Wildman–Crippen MR) is 42.1 cm³/mol. The molecule has 0 saturated carbocycles. The Morgan fingerprint density at radius 3 is 2.00 bits per heavy atom. The van der Waals surface area contributed by atoms with Crippen LogP contribution in [0.2, 0.25) is 0 Å². The summed E-state index contributed by atoms with van der Waals surface area (Å²) in [5, 5.41) is 12.1. The zero-order valence-electron chi connectivity index (χ0n) is 4.44. The molecule has 0 atom stereocenters. The van der Waals surface area contributed by atoms with Crippen molar-refractivity contribution in [3.63, 3.8) is 0 Å². The van der Waals surface area contributed by atoms with E-state index in [2.05, 4.69) is 51.5 Å². The van der Waals surface area contributed by atoms with Crippen molar-refractivity contribution in [2.45, 2.75) is 0 Å². The first kappa shape index (κ1) is 8.14. The Balaban J connectivity index is 4.14. The molecule has 0 aromatic heterocycles. The van der Waals surface area contributed by atoms with Crippen LogP contribution in [0.25, 0.3) is 0 Å². The molecule has 9 heavy (non-hydrogen) atoms. The third-order valence-electron chi connectivity index (χ3n) is 0.450. The Bertz CT molecular complexity index is 170. The van der Waals surface area contributed by atoms with Crippen LogP contribution in [-0.4, -0.2) is 15.4 Å². The van der Waals surface area contributed by atoms with Crippen LogP contribution in [0.1, 0.15) is 0 Å². The molecule has 0 unspecified atom stereocenters. The molecule has 3 nitrogen and oxygen atoms in total. The summed E-state index contributed by atoms with van der Waals surface area (Å²) in [5.41, 5.74) is 0. The van der Waals surface area contributed by atoms with Crippen molar-refractivity contribution < 1.29 is 0 Å². The molecule has 0 aromatic carbocycles. The number of hydrogen-bond acceptors (Lipinski definition) is 5. The van der Waals surface area contributed by atoms with E-state index in [9.17, 15) is 0 Å². The molecule has 0 rings (SSSR count). The topological polar surface area (TPSA) is 28.0 Å². The van der Waals surface area contributed by atoms with Crippen molar-refractivity contribution in [2.75, 3.05) is 0 Å². The summed E-state index contributed by atoms with van der Waals surface area (Å²) < 4.78 is 0. The van der Waals surface area contributed by atoms with E-state index in [1.165, 1.54) is 6.20 Å². The average Bonchev–Trinajstić information content (AvgIpc) is 1.88. The Morgan fingerprint density at radius 1 is 1.33 bits per heavy atom. The summed E-state index contributed by atoms with van der Waals surface area (Å²) in [5.74, 6) is 0. The quantitative estimate of drug-likeness (QED) is 0.353. The van der Waals surface area contributed by atoms with Crippen LogP contribution in [-0.2, 0) is 0 Å². The van der Waals surface area contributed by atoms with Crippen molar-refractivity contribution in [1.29, 1.82) is 0 Å². The van der Waals surface area contributed by atoms with Gasteiger partial charge < -0.3 is 0 Å². The Labute approximate surface area is 63.4 Å². The van der Waals surface area contributed by atoms with Gasteiger partial charge in [0.15, 0.2) is 0 Å². The van der Waals surface area contributed by atoms with Crippen molar-refractivity contribution in [3.8, 4) is 0 Å². The molecule has 0 radical (unpaired) electrons. The van der Waals surface area contributed by atoms with Gasteiger partial charge in [0.2, 0.25) is 0 Å². The molecule has 0 saturated heterocycles. The second-order valence-corrected chi connectivity index (χ2v) is 1.25. The zero-order valence-corrected chi connectivity index (χ0v) is 6.08. The normalized spacial score (nSPS) is 6.22. The van der Waals surface area contributed by atoms with E-state index < -0.39 is 0 Å². The Hall–Kier alpha value is -0.860. The van der Waals surface area contributed by atoms with E-state index in [1.54, 1.807) is 0 Å². The van der Waals surface area contributed by atoms with Gasteiger partial charge in [0.05, 0.1) is 10.3 Å². The van der Waals surface area contributed by atoms with Crippen molar-refractivity contribution in [2.24, 2.45) is 10.2 Å². The number of isothiocyanates is 2. The van der Waals surface area contributed by atoms with Gasteiger partial charge in [-0.15, -0.1) is 5.12 Å². The number of hydrogen-bond donors (Lipinski definition) is 0. The minimum absolute atomic E-state index is 1.07. The fourth-order valence-corrected chi connectivity index (χ4v) is 0.355. The lowest BCUT2D eigenvalue weighted by Crippen LogP contribution is -1.96. The van der Waals surface area contributed by atoms with Gasteiger partial charge in [-0.05, 0) is 24.4 Å². The van der Waals surface area contributed by atoms with Gasteiger partial charge in [0, 0.05) is 6.20 Å². The van der Waals surface area contributed by atoms with Crippen LogP contribution >= 0.6 is 24.4 Å². The van der Waals surface area contributed by atoms with E-state index in [4.69, 9.17) is 0 Å². The highest BCUT2D eigenvalue weighted by molar-refractivity contribution is 7.78. The summed E-state index contributed by atoms with van der Waals surface area (Å²) in [7, 11) is 0. The highest BCUT2D eigenvalue weighted by Crippen LogP contribution is 1.85. The minimum atomic E-state index is 1.07. The van der Waals surface area contributed by atoms with Crippen LogP contribution in [0.5, 0.6) is 0 Å². The number of rotatable bonds is 3. The highest BCUT2D eigenvalue weighted by Gasteiger charge is 1.81. The Morgan fingerprint density at radius 2 is 1.78 bits per heavy atom. The fourth-order valence-electron chi connectivity index (χ4n) is 0.188. The first-order chi connectivity index (χ1) is 4.35. The molecular weight excluding hydrogens is 154 g/mol. The maximum Gasteiger partial charge on any atom is 0.0871 e. The van der Waals surface area contributed by atoms with E-state index in [-0.39, 0.29) is 0 Å². The van der Waals surface area contributed by atoms with Crippen LogP contribution in [0.3, 0.4) is 0 Å². The molecule has 0 aromatic rings. The van der Waals surface area contributed by atoms with E-state index in [1.807, 2.05) is 0 Å². The summed E-state index contributed by atoms with van der Waals surface area (Å²) in [6.07, 6.45) is 1.33. The molecule has 5 heteroatoms. The zero-order chi connectivity index (χ0) is 7.11. The predicted octanol–water partition coefficient (Wildman–Crippen LogP) is 1.47. The lowest BCUT2D eigenvalue weighted by atomic mass is 11.0. The van der Waals surface area contributed by atoms with Crippen LogP contribution in [0, 0.1) is 0 Å². The van der Waals surface area contributed by atoms with Gasteiger partial charge in [-0.2, -0.15) is 0 Å². The number of hydrazone groups is 2. The van der Waals surface area contributed by atoms with Gasteiger partial charge in [0.25, 0.3) is 0 Å². The molecular formula is C4H3N3S2. The first-order valence-corrected chi connectivity index (χ1v) is 2.74. The SMILES string of the molecule is C=CN(N=C=S)N=C=S. The maximum atomic E-state index is 4.28. The number of thiocarbonyl (C=S) groups is 2. The van der Waals surface area contributed by atoms with Crippen molar-refractivity contribution >= 4 is 34.8 Å². The molecule has 0 aliphatic carbocycles. The lowest BCUT2D eigenvalue weighted by molar-refractivity contribution is 0.435. The third-order valence-corrected chi connectivity index (χ3v) is 0.613. The molecule has 0 heterocycles.